The highest BCUT2D eigenvalue weighted by molar-refractivity contribution is 6.36. The maximum atomic E-state index is 13.9. The number of alkyl halides is 3. The first-order chi connectivity index (χ1) is 15.2. The molecule has 0 saturated heterocycles. The number of halogens is 4. The van der Waals surface area contributed by atoms with Crippen LogP contribution in [0.25, 0.3) is 0 Å². The van der Waals surface area contributed by atoms with Crippen LogP contribution in [0.5, 0.6) is 0 Å². The molecule has 0 aliphatic carbocycles. The fourth-order valence-corrected chi connectivity index (χ4v) is 4.07. The molecule has 0 unspecified atom stereocenters. The van der Waals surface area contributed by atoms with E-state index in [4.69, 9.17) is 11.6 Å². The molecular formula is C23H22ClF3N4O. The summed E-state index contributed by atoms with van der Waals surface area (Å²) in [6.45, 7) is 2.22. The van der Waals surface area contributed by atoms with Gasteiger partial charge in [-0.2, -0.15) is 18.3 Å². The summed E-state index contributed by atoms with van der Waals surface area (Å²) < 4.78 is 42.4. The number of amides is 1. The van der Waals surface area contributed by atoms with Gasteiger partial charge >= 0.3 is 6.18 Å². The Bertz CT molecular complexity index is 1100. The van der Waals surface area contributed by atoms with E-state index in [1.54, 1.807) is 12.1 Å². The average molecular weight is 463 g/mol. The first-order valence-electron chi connectivity index (χ1n) is 10.2. The Hall–Kier alpha value is -3.00. The van der Waals surface area contributed by atoms with E-state index in [0.717, 1.165) is 15.8 Å². The molecule has 1 aliphatic rings. The van der Waals surface area contributed by atoms with Gasteiger partial charge in [0.15, 0.2) is 11.7 Å². The van der Waals surface area contributed by atoms with Crippen molar-refractivity contribution < 1.29 is 18.0 Å². The zero-order valence-electron chi connectivity index (χ0n) is 17.3. The normalized spacial score (nSPS) is 18.0. The lowest BCUT2D eigenvalue weighted by Crippen LogP contribution is -2.36. The minimum atomic E-state index is -4.55. The van der Waals surface area contributed by atoms with Gasteiger partial charge in [-0.1, -0.05) is 71.8 Å². The average Bonchev–Trinajstić information content (AvgIpc) is 3.10. The molecule has 4 rings (SSSR count). The number of fused-ring (bicyclic) bond motifs is 1. The van der Waals surface area contributed by atoms with E-state index < -0.39 is 24.2 Å². The van der Waals surface area contributed by atoms with Gasteiger partial charge in [-0.05, 0) is 24.5 Å². The van der Waals surface area contributed by atoms with Crippen LogP contribution < -0.4 is 10.6 Å². The summed E-state index contributed by atoms with van der Waals surface area (Å²) in [5, 5.41) is 9.58. The smallest absolute Gasteiger partial charge is 0.362 e. The van der Waals surface area contributed by atoms with Crippen molar-refractivity contribution in [3.63, 3.8) is 0 Å². The van der Waals surface area contributed by atoms with E-state index >= 15 is 0 Å². The van der Waals surface area contributed by atoms with E-state index in [1.807, 2.05) is 49.4 Å². The second-order valence-electron chi connectivity index (χ2n) is 7.85. The second kappa shape index (κ2) is 8.86. The molecule has 3 aromatic rings. The number of rotatable bonds is 5. The van der Waals surface area contributed by atoms with Gasteiger partial charge in [0.2, 0.25) is 0 Å². The van der Waals surface area contributed by atoms with Crippen LogP contribution in [0.15, 0.2) is 54.6 Å². The van der Waals surface area contributed by atoms with Crippen LogP contribution in [-0.2, 0) is 6.42 Å². The maximum Gasteiger partial charge on any atom is 0.410 e. The molecule has 9 heteroatoms. The number of benzene rings is 2. The Balaban J connectivity index is 1.57. The molecule has 0 saturated carbocycles. The topological polar surface area (TPSA) is 59.0 Å². The Labute approximate surface area is 188 Å². The third kappa shape index (κ3) is 4.60. The lowest BCUT2D eigenvalue weighted by molar-refractivity contribution is -0.173. The zero-order chi connectivity index (χ0) is 22.9. The number of nitrogens with zero attached hydrogens (tertiary/aromatic N) is 2. The maximum absolute atomic E-state index is 13.9. The van der Waals surface area contributed by atoms with Gasteiger partial charge in [-0.3, -0.25) is 4.79 Å². The van der Waals surface area contributed by atoms with Gasteiger partial charge in [0.05, 0.1) is 6.04 Å². The summed E-state index contributed by atoms with van der Waals surface area (Å²) in [5.74, 6) is -0.610. The van der Waals surface area contributed by atoms with Crippen LogP contribution in [0.3, 0.4) is 0 Å². The summed E-state index contributed by atoms with van der Waals surface area (Å²) in [5.41, 5.74) is 2.53. The van der Waals surface area contributed by atoms with Crippen molar-refractivity contribution in [3.05, 3.63) is 82.0 Å². The van der Waals surface area contributed by atoms with E-state index in [2.05, 4.69) is 15.7 Å². The van der Waals surface area contributed by atoms with Crippen molar-refractivity contribution in [2.75, 3.05) is 11.9 Å². The molecule has 1 amide bonds. The standard InChI is InChI=1S/C23H22ClF3N4O/c1-14-7-9-16(10-8-14)17-13-18(23(25,26)27)31-21(29-17)19(24)20(30-31)22(32)28-12-11-15-5-3-2-4-6-15/h2-10,17-18,29H,11-13H2,1H3,(H,28,32)/t17-,18-/m0/s1. The first kappa shape index (κ1) is 22.2. The molecule has 2 heterocycles. The van der Waals surface area contributed by atoms with Gasteiger partial charge in [0.1, 0.15) is 10.8 Å². The number of carbonyl (C=O) groups excluding carboxylic acids is 1. The van der Waals surface area contributed by atoms with Crippen molar-refractivity contribution in [2.45, 2.75) is 38.0 Å². The summed E-state index contributed by atoms with van der Waals surface area (Å²) >= 11 is 6.35. The summed E-state index contributed by atoms with van der Waals surface area (Å²) in [4.78, 5) is 12.6. The molecule has 5 nitrogen and oxygen atoms in total. The highest BCUT2D eigenvalue weighted by atomic mass is 35.5. The van der Waals surface area contributed by atoms with Crippen LogP contribution in [-0.4, -0.2) is 28.4 Å². The molecule has 2 aromatic carbocycles. The molecule has 32 heavy (non-hydrogen) atoms. The number of aromatic nitrogens is 2. The number of carbonyl (C=O) groups is 1. The van der Waals surface area contributed by atoms with Crippen LogP contribution >= 0.6 is 11.6 Å². The molecule has 0 bridgehead atoms. The first-order valence-corrected chi connectivity index (χ1v) is 10.6. The molecule has 1 aromatic heterocycles. The monoisotopic (exact) mass is 462 g/mol. The quantitative estimate of drug-likeness (QED) is 0.528. The molecule has 0 radical (unpaired) electrons. The molecule has 0 spiro atoms. The lowest BCUT2D eigenvalue weighted by atomic mass is 9.96. The number of hydrogen-bond donors (Lipinski definition) is 2. The van der Waals surface area contributed by atoms with Gasteiger partial charge < -0.3 is 10.6 Å². The number of nitrogens with one attached hydrogen (secondary N) is 2. The molecule has 2 atom stereocenters. The highest BCUT2D eigenvalue weighted by Crippen LogP contribution is 2.46. The molecule has 0 fully saturated rings. The zero-order valence-corrected chi connectivity index (χ0v) is 18.0. The van der Waals surface area contributed by atoms with E-state index in [9.17, 15) is 18.0 Å². The van der Waals surface area contributed by atoms with E-state index in [-0.39, 0.29) is 23.0 Å². The minimum absolute atomic E-state index is 0.000902. The third-order valence-corrected chi connectivity index (χ3v) is 5.89. The Morgan fingerprint density at radius 2 is 1.88 bits per heavy atom. The summed E-state index contributed by atoms with van der Waals surface area (Å²) in [6, 6.07) is 14.3. The lowest BCUT2D eigenvalue weighted by Gasteiger charge is -2.33. The number of aryl methyl sites for hydroxylation is 1. The van der Waals surface area contributed by atoms with Crippen molar-refractivity contribution >= 4 is 23.3 Å². The summed E-state index contributed by atoms with van der Waals surface area (Å²) in [7, 11) is 0. The SMILES string of the molecule is Cc1ccc([C@@H]2C[C@@H](C(F)(F)F)n3nc(C(=O)NCCc4ccccc4)c(Cl)c3N2)cc1. The molecular weight excluding hydrogens is 441 g/mol. The van der Waals surface area contributed by atoms with Crippen molar-refractivity contribution in [1.82, 2.24) is 15.1 Å². The van der Waals surface area contributed by atoms with Gasteiger partial charge in [-0.25, -0.2) is 4.68 Å². The van der Waals surface area contributed by atoms with Crippen molar-refractivity contribution in [1.29, 1.82) is 0 Å². The van der Waals surface area contributed by atoms with Gasteiger partial charge in [0.25, 0.3) is 5.91 Å². The minimum Gasteiger partial charge on any atom is -0.362 e. The van der Waals surface area contributed by atoms with Crippen LogP contribution in [0, 0.1) is 6.92 Å². The van der Waals surface area contributed by atoms with Crippen molar-refractivity contribution in [3.8, 4) is 0 Å². The molecule has 168 valence electrons. The number of anilines is 1. The van der Waals surface area contributed by atoms with Gasteiger partial charge in [-0.15, -0.1) is 0 Å². The Kier molecular flexibility index (Phi) is 6.15. The second-order valence-corrected chi connectivity index (χ2v) is 8.23. The predicted molar refractivity (Wildman–Crippen MR) is 117 cm³/mol. The third-order valence-electron chi connectivity index (χ3n) is 5.53. The molecule has 1 aliphatic heterocycles. The van der Waals surface area contributed by atoms with Crippen LogP contribution in [0.2, 0.25) is 5.02 Å². The molecule has 2 N–H and O–H groups in total. The number of hydrogen-bond acceptors (Lipinski definition) is 3. The van der Waals surface area contributed by atoms with Crippen LogP contribution in [0.1, 0.15) is 45.7 Å². The highest BCUT2D eigenvalue weighted by Gasteiger charge is 2.47. The van der Waals surface area contributed by atoms with Crippen molar-refractivity contribution in [2.24, 2.45) is 0 Å². The Morgan fingerprint density at radius 3 is 2.53 bits per heavy atom. The fourth-order valence-electron chi connectivity index (χ4n) is 3.80. The van der Waals surface area contributed by atoms with E-state index in [0.29, 0.717) is 18.5 Å². The Morgan fingerprint density at radius 1 is 1.19 bits per heavy atom. The van der Waals surface area contributed by atoms with Crippen LogP contribution in [0.4, 0.5) is 19.0 Å². The predicted octanol–water partition coefficient (Wildman–Crippen LogP) is 5.48. The fraction of sp³-hybridized carbons (Fsp3) is 0.304. The van der Waals surface area contributed by atoms with Gasteiger partial charge in [0, 0.05) is 13.0 Å². The van der Waals surface area contributed by atoms with E-state index in [1.165, 1.54) is 0 Å². The summed E-state index contributed by atoms with van der Waals surface area (Å²) in [6.07, 6.45) is -4.22. The largest absolute Gasteiger partial charge is 0.410 e.